The number of carbonyl (C=O) groups is 2. The molecule has 126 valence electrons. The average Bonchev–Trinajstić information content (AvgIpc) is 3.01. The van der Waals surface area contributed by atoms with Gasteiger partial charge in [0, 0.05) is 24.5 Å². The molecule has 2 fully saturated rings. The van der Waals surface area contributed by atoms with Crippen LogP contribution in [0.25, 0.3) is 0 Å². The van der Waals surface area contributed by atoms with E-state index in [0.717, 1.165) is 19.4 Å². The summed E-state index contributed by atoms with van der Waals surface area (Å²) in [6.07, 6.45) is 1.38. The Balaban J connectivity index is 2.04. The zero-order valence-corrected chi connectivity index (χ0v) is 14.3. The molecular weight excluding hydrogens is 284 g/mol. The van der Waals surface area contributed by atoms with Crippen molar-refractivity contribution >= 4 is 12.1 Å². The van der Waals surface area contributed by atoms with Gasteiger partial charge in [-0.05, 0) is 47.6 Å². The Morgan fingerprint density at radius 3 is 2.41 bits per heavy atom. The summed E-state index contributed by atoms with van der Waals surface area (Å²) in [5.41, 5.74) is -0.836. The van der Waals surface area contributed by atoms with E-state index in [4.69, 9.17) is 9.47 Å². The highest BCUT2D eigenvalue weighted by atomic mass is 16.6. The molecule has 2 unspecified atom stereocenters. The van der Waals surface area contributed by atoms with E-state index in [1.807, 2.05) is 34.7 Å². The first-order valence-corrected chi connectivity index (χ1v) is 8.03. The monoisotopic (exact) mass is 312 g/mol. The fourth-order valence-corrected chi connectivity index (χ4v) is 3.28. The van der Waals surface area contributed by atoms with E-state index in [1.165, 1.54) is 0 Å². The van der Waals surface area contributed by atoms with Crippen molar-refractivity contribution in [3.8, 4) is 0 Å². The summed E-state index contributed by atoms with van der Waals surface area (Å²) in [6, 6.07) is 0. The third kappa shape index (κ3) is 3.91. The molecular formula is C16H28N2O4. The summed E-state index contributed by atoms with van der Waals surface area (Å²) in [4.78, 5) is 26.4. The Morgan fingerprint density at radius 1 is 1.27 bits per heavy atom. The number of nitrogens with one attached hydrogen (secondary N) is 1. The Kier molecular flexibility index (Phi) is 4.70. The molecule has 1 heterocycles. The van der Waals surface area contributed by atoms with Gasteiger partial charge in [0.2, 0.25) is 0 Å². The maximum absolute atomic E-state index is 12.2. The smallest absolute Gasteiger partial charge is 0.408 e. The van der Waals surface area contributed by atoms with Crippen LogP contribution in [-0.2, 0) is 14.3 Å². The lowest BCUT2D eigenvalue weighted by molar-refractivity contribution is -0.149. The number of hydrogen-bond acceptors (Lipinski definition) is 5. The molecule has 1 saturated heterocycles. The lowest BCUT2D eigenvalue weighted by Crippen LogP contribution is -2.48. The maximum atomic E-state index is 12.2. The summed E-state index contributed by atoms with van der Waals surface area (Å²) < 4.78 is 10.6. The number of likely N-dealkylation sites (tertiary alicyclic amines) is 1. The number of esters is 1. The topological polar surface area (TPSA) is 67.9 Å². The molecule has 0 radical (unpaired) electrons. The molecule has 1 saturated carbocycles. The molecule has 0 spiro atoms. The zero-order valence-electron chi connectivity index (χ0n) is 14.3. The molecule has 2 rings (SSSR count). The molecule has 1 N–H and O–H groups in total. The van der Waals surface area contributed by atoms with Crippen molar-refractivity contribution in [1.82, 2.24) is 10.2 Å². The Bertz CT molecular complexity index is 440. The normalized spacial score (nSPS) is 27.3. The SMILES string of the molecule is CCOC(=O)C1CN(C)CC1C1(NC(=O)OC(C)(C)C)CC1. The molecule has 1 amide bonds. The highest BCUT2D eigenvalue weighted by molar-refractivity contribution is 5.75. The van der Waals surface area contributed by atoms with Crippen LogP contribution in [0.1, 0.15) is 40.5 Å². The van der Waals surface area contributed by atoms with E-state index in [2.05, 4.69) is 10.2 Å². The molecule has 6 heteroatoms. The minimum Gasteiger partial charge on any atom is -0.466 e. The minimum absolute atomic E-state index is 0.0871. The van der Waals surface area contributed by atoms with Gasteiger partial charge >= 0.3 is 12.1 Å². The molecule has 22 heavy (non-hydrogen) atoms. The van der Waals surface area contributed by atoms with Crippen LogP contribution in [0.2, 0.25) is 0 Å². The number of alkyl carbamates (subject to hydrolysis) is 1. The second-order valence-corrected chi connectivity index (χ2v) is 7.47. The van der Waals surface area contributed by atoms with Gasteiger partial charge in [-0.3, -0.25) is 4.79 Å². The van der Waals surface area contributed by atoms with Crippen molar-refractivity contribution in [3.63, 3.8) is 0 Å². The van der Waals surface area contributed by atoms with Crippen molar-refractivity contribution in [2.75, 3.05) is 26.7 Å². The van der Waals surface area contributed by atoms with E-state index in [0.29, 0.717) is 13.2 Å². The number of hydrogen-bond donors (Lipinski definition) is 1. The van der Waals surface area contributed by atoms with Gasteiger partial charge in [0.1, 0.15) is 5.60 Å². The number of amides is 1. The summed E-state index contributed by atoms with van der Waals surface area (Å²) >= 11 is 0. The number of carbonyl (C=O) groups excluding carboxylic acids is 2. The fraction of sp³-hybridized carbons (Fsp3) is 0.875. The van der Waals surface area contributed by atoms with Crippen LogP contribution in [0.15, 0.2) is 0 Å². The standard InChI is InChI=1S/C16H28N2O4/c1-6-21-13(19)11-9-18(5)10-12(11)16(7-8-16)17-14(20)22-15(2,3)4/h11-12H,6-10H2,1-5H3,(H,17,20). The van der Waals surface area contributed by atoms with Gasteiger partial charge in [-0.2, -0.15) is 0 Å². The van der Waals surface area contributed by atoms with Gasteiger partial charge in [-0.1, -0.05) is 0 Å². The molecule has 0 aromatic rings. The van der Waals surface area contributed by atoms with Crippen molar-refractivity contribution < 1.29 is 19.1 Å². The first-order valence-electron chi connectivity index (χ1n) is 8.03. The van der Waals surface area contributed by atoms with Crippen molar-refractivity contribution in [1.29, 1.82) is 0 Å². The summed E-state index contributed by atoms with van der Waals surface area (Å²) in [6.45, 7) is 9.21. The van der Waals surface area contributed by atoms with Crippen LogP contribution >= 0.6 is 0 Å². The van der Waals surface area contributed by atoms with Gasteiger partial charge in [-0.15, -0.1) is 0 Å². The van der Waals surface area contributed by atoms with Crippen LogP contribution in [0.4, 0.5) is 4.79 Å². The third-order valence-electron chi connectivity index (χ3n) is 4.34. The molecule has 0 aromatic heterocycles. The predicted molar refractivity (Wildman–Crippen MR) is 82.4 cm³/mol. The molecule has 0 aromatic carbocycles. The third-order valence-corrected chi connectivity index (χ3v) is 4.34. The maximum Gasteiger partial charge on any atom is 0.408 e. The molecule has 6 nitrogen and oxygen atoms in total. The largest absolute Gasteiger partial charge is 0.466 e. The second kappa shape index (κ2) is 6.07. The molecule has 0 bridgehead atoms. The summed E-state index contributed by atoms with van der Waals surface area (Å²) in [5.74, 6) is -0.249. The van der Waals surface area contributed by atoms with Gasteiger partial charge < -0.3 is 19.7 Å². The highest BCUT2D eigenvalue weighted by Crippen LogP contribution is 2.48. The van der Waals surface area contributed by atoms with Crippen LogP contribution in [0, 0.1) is 11.8 Å². The zero-order chi connectivity index (χ0) is 16.5. The van der Waals surface area contributed by atoms with Crippen molar-refractivity contribution in [2.24, 2.45) is 11.8 Å². The van der Waals surface area contributed by atoms with E-state index in [1.54, 1.807) is 0 Å². The molecule has 2 aliphatic rings. The van der Waals surface area contributed by atoms with Gasteiger partial charge in [0.05, 0.1) is 12.5 Å². The average molecular weight is 312 g/mol. The minimum atomic E-state index is -0.521. The Labute approximate surface area is 132 Å². The quantitative estimate of drug-likeness (QED) is 0.802. The first kappa shape index (κ1) is 17.1. The molecule has 1 aliphatic heterocycles. The molecule has 2 atom stereocenters. The van der Waals surface area contributed by atoms with Gasteiger partial charge in [0.15, 0.2) is 0 Å². The number of ether oxygens (including phenoxy) is 2. The molecule has 1 aliphatic carbocycles. The number of nitrogens with zero attached hydrogens (tertiary/aromatic N) is 1. The van der Waals surface area contributed by atoms with E-state index in [-0.39, 0.29) is 23.3 Å². The first-order chi connectivity index (χ1) is 10.2. The van der Waals surface area contributed by atoms with E-state index < -0.39 is 11.7 Å². The van der Waals surface area contributed by atoms with E-state index >= 15 is 0 Å². The summed E-state index contributed by atoms with van der Waals surface area (Å²) in [5, 5.41) is 3.02. The van der Waals surface area contributed by atoms with Crippen LogP contribution in [-0.4, -0.2) is 54.8 Å². The lowest BCUT2D eigenvalue weighted by atomic mass is 9.87. The van der Waals surface area contributed by atoms with Crippen molar-refractivity contribution in [2.45, 2.75) is 51.7 Å². The van der Waals surface area contributed by atoms with Gasteiger partial charge in [-0.25, -0.2) is 4.79 Å². The van der Waals surface area contributed by atoms with E-state index in [9.17, 15) is 9.59 Å². The second-order valence-electron chi connectivity index (χ2n) is 7.47. The van der Waals surface area contributed by atoms with Crippen LogP contribution in [0.5, 0.6) is 0 Å². The predicted octanol–water partition coefficient (Wildman–Crippen LogP) is 1.78. The summed E-state index contributed by atoms with van der Waals surface area (Å²) in [7, 11) is 2.00. The fourth-order valence-electron chi connectivity index (χ4n) is 3.28. The lowest BCUT2D eigenvalue weighted by Gasteiger charge is -2.29. The Morgan fingerprint density at radius 2 is 1.91 bits per heavy atom. The van der Waals surface area contributed by atoms with Crippen LogP contribution < -0.4 is 5.32 Å². The van der Waals surface area contributed by atoms with Crippen LogP contribution in [0.3, 0.4) is 0 Å². The Hall–Kier alpha value is -1.30. The van der Waals surface area contributed by atoms with Crippen molar-refractivity contribution in [3.05, 3.63) is 0 Å². The number of rotatable bonds is 4. The highest BCUT2D eigenvalue weighted by Gasteiger charge is 2.57. The van der Waals surface area contributed by atoms with Gasteiger partial charge in [0.25, 0.3) is 0 Å².